The summed E-state index contributed by atoms with van der Waals surface area (Å²) < 4.78 is 26.2. The topological polar surface area (TPSA) is 140 Å². The van der Waals surface area contributed by atoms with Crippen LogP contribution in [0.3, 0.4) is 0 Å². The highest BCUT2D eigenvalue weighted by molar-refractivity contribution is 7.46. The zero-order chi connectivity index (χ0) is 40.5. The van der Waals surface area contributed by atoms with Crippen LogP contribution in [-0.4, -0.2) is 52.3 Å². The van der Waals surface area contributed by atoms with Crippen molar-refractivity contribution in [2.75, 3.05) is 13.2 Å². The molecule has 0 unspecified atom stereocenters. The Bertz CT molecular complexity index is 1260. The van der Waals surface area contributed by atoms with Crippen LogP contribution < -0.4 is 0 Å². The van der Waals surface area contributed by atoms with E-state index in [1.54, 1.807) is 0 Å². The van der Waals surface area contributed by atoms with Gasteiger partial charge in [-0.15, -0.1) is 0 Å². The van der Waals surface area contributed by atoms with Crippen molar-refractivity contribution in [1.29, 1.82) is 0 Å². The van der Waals surface area contributed by atoms with Gasteiger partial charge in [0.15, 0.2) is 6.10 Å². The summed E-state index contributed by atoms with van der Waals surface area (Å²) in [7, 11) is -4.80. The Balaban J connectivity index is 4.19. The summed E-state index contributed by atoms with van der Waals surface area (Å²) in [6, 6.07) is 0. The smallest absolute Gasteiger partial charge is 0.462 e. The molecule has 0 radical (unpaired) electrons. The number of aliphatic hydroxyl groups excluding tert-OH is 1. The third kappa shape index (κ3) is 43.3. The summed E-state index contributed by atoms with van der Waals surface area (Å²) in [5.41, 5.74) is 0. The van der Waals surface area contributed by atoms with Gasteiger partial charge in [-0.05, 0) is 103 Å². The van der Waals surface area contributed by atoms with Gasteiger partial charge in [0, 0.05) is 12.8 Å². The monoisotopic (exact) mass is 786 g/mol. The van der Waals surface area contributed by atoms with E-state index < -0.39 is 32.5 Å². The maximum Gasteiger partial charge on any atom is 0.469 e. The lowest BCUT2D eigenvalue weighted by Crippen LogP contribution is -2.29. The van der Waals surface area contributed by atoms with Gasteiger partial charge in [-0.2, -0.15) is 0 Å². The molecule has 0 aromatic rings. The van der Waals surface area contributed by atoms with E-state index in [4.69, 9.17) is 19.3 Å². The Kier molecular flexibility index (Phi) is 36.6. The van der Waals surface area contributed by atoms with Crippen molar-refractivity contribution >= 4 is 19.8 Å². The maximum absolute atomic E-state index is 12.4. The highest BCUT2D eigenvalue weighted by Crippen LogP contribution is 2.35. The van der Waals surface area contributed by atoms with Crippen molar-refractivity contribution in [2.45, 2.75) is 148 Å². The van der Waals surface area contributed by atoms with Crippen molar-refractivity contribution in [3.8, 4) is 0 Å². The predicted molar refractivity (Wildman–Crippen MR) is 226 cm³/mol. The molecule has 0 aromatic carbocycles. The number of allylic oxidation sites excluding steroid dienone is 18. The molecule has 0 saturated heterocycles. The molecule has 0 spiro atoms. The SMILES string of the molecule is CCCCC/C=C\C/C=C\C/C=C\C/C=C\C/C=C\CCC(=O)OC[C@H](COP(=O)(O)O)OC(=O)CCC/C=C\C/C=C\C/C=C\C/C=C\CCC[C@H](C)O. The van der Waals surface area contributed by atoms with E-state index >= 15 is 0 Å². The van der Waals surface area contributed by atoms with Crippen molar-refractivity contribution < 1.29 is 43.0 Å². The fourth-order valence-electron chi connectivity index (χ4n) is 4.78. The normalized spacial score (nSPS) is 14.2. The number of phosphoric acid groups is 1. The minimum Gasteiger partial charge on any atom is -0.462 e. The Labute approximate surface area is 332 Å². The number of rotatable bonds is 35. The molecule has 0 fully saturated rings. The number of carbonyl (C=O) groups excluding carboxylic acids is 2. The molecular weight excluding hydrogens is 715 g/mol. The first-order chi connectivity index (χ1) is 26.6. The number of ether oxygens (including phenoxy) is 2. The van der Waals surface area contributed by atoms with Crippen LogP contribution in [0.4, 0.5) is 0 Å². The molecule has 9 nitrogen and oxygen atoms in total. The van der Waals surface area contributed by atoms with Gasteiger partial charge in [-0.3, -0.25) is 14.1 Å². The van der Waals surface area contributed by atoms with E-state index in [0.29, 0.717) is 19.3 Å². The van der Waals surface area contributed by atoms with E-state index in [0.717, 1.165) is 64.2 Å². The lowest BCUT2D eigenvalue weighted by molar-refractivity contribution is -0.161. The molecule has 0 aliphatic heterocycles. The van der Waals surface area contributed by atoms with Crippen LogP contribution in [0.1, 0.15) is 136 Å². The molecule has 0 saturated carbocycles. The Morgan fingerprint density at radius 3 is 1.40 bits per heavy atom. The van der Waals surface area contributed by atoms with Crippen molar-refractivity contribution in [2.24, 2.45) is 0 Å². The van der Waals surface area contributed by atoms with E-state index in [9.17, 15) is 19.3 Å². The first-order valence-corrected chi connectivity index (χ1v) is 21.7. The van der Waals surface area contributed by atoms with Gasteiger partial charge in [-0.1, -0.05) is 129 Å². The molecule has 0 aliphatic rings. The van der Waals surface area contributed by atoms with Crippen LogP contribution in [0.2, 0.25) is 0 Å². The van der Waals surface area contributed by atoms with E-state index in [2.05, 4.69) is 96.5 Å². The quantitative estimate of drug-likeness (QED) is 0.0248. The number of phosphoric ester groups is 1. The van der Waals surface area contributed by atoms with Gasteiger partial charge in [0.25, 0.3) is 0 Å². The summed E-state index contributed by atoms with van der Waals surface area (Å²) in [5, 5.41) is 9.25. The molecule has 0 aromatic heterocycles. The van der Waals surface area contributed by atoms with Crippen LogP contribution in [-0.2, 0) is 28.2 Å². The molecule has 0 rings (SSSR count). The van der Waals surface area contributed by atoms with E-state index in [1.807, 2.05) is 31.2 Å². The minimum atomic E-state index is -4.80. The lowest BCUT2D eigenvalue weighted by Gasteiger charge is -2.18. The molecule has 0 aliphatic carbocycles. The van der Waals surface area contributed by atoms with Crippen molar-refractivity contribution in [3.05, 3.63) is 109 Å². The van der Waals surface area contributed by atoms with Crippen molar-refractivity contribution in [1.82, 2.24) is 0 Å². The second-order valence-electron chi connectivity index (χ2n) is 13.2. The predicted octanol–water partition coefficient (Wildman–Crippen LogP) is 11.4. The fourth-order valence-corrected chi connectivity index (χ4v) is 5.14. The number of unbranched alkanes of at least 4 members (excludes halogenated alkanes) is 5. The molecule has 55 heavy (non-hydrogen) atoms. The van der Waals surface area contributed by atoms with Gasteiger partial charge in [-0.25, -0.2) is 4.57 Å². The average Bonchev–Trinajstić information content (AvgIpc) is 3.14. The molecular formula is C45H71O9P. The standard InChI is InChI=1S/C45H71O9P/c1-3-4-5-6-7-8-9-10-11-12-13-14-17-20-23-26-29-32-35-38-44(47)52-40-43(41-53-55(49,50)51)54-45(48)39-36-33-30-27-24-21-18-15-16-19-22-25-28-31-34-37-42(2)46/h7-8,10-11,13-14,16,18-21,23,25,27-30,32,42-43,46H,3-6,9,12,15,17,22,24,26,31,33-41H2,1-2H3,(H2,49,50,51)/b8-7-,11-10-,14-13-,19-16-,21-18-,23-20-,28-25-,30-27-,32-29-/t42-,43+/m0/s1. The van der Waals surface area contributed by atoms with Crippen LogP contribution in [0.15, 0.2) is 109 Å². The second-order valence-corrected chi connectivity index (χ2v) is 14.4. The number of hydrogen-bond acceptors (Lipinski definition) is 7. The second kappa shape index (κ2) is 38.9. The Hall–Kier alpha value is -3.33. The zero-order valence-electron chi connectivity index (χ0n) is 33.6. The molecule has 0 bridgehead atoms. The van der Waals surface area contributed by atoms with E-state index in [1.165, 1.54) is 25.7 Å². The highest BCUT2D eigenvalue weighted by Gasteiger charge is 2.22. The molecule has 10 heteroatoms. The Morgan fingerprint density at radius 2 is 0.964 bits per heavy atom. The van der Waals surface area contributed by atoms with Gasteiger partial charge >= 0.3 is 19.8 Å². The first kappa shape index (κ1) is 51.7. The fraction of sp³-hybridized carbons (Fsp3) is 0.556. The number of aliphatic hydroxyl groups is 1. The van der Waals surface area contributed by atoms with Crippen LogP contribution in [0, 0.1) is 0 Å². The van der Waals surface area contributed by atoms with Gasteiger partial charge in [0.05, 0.1) is 12.7 Å². The number of carbonyl (C=O) groups is 2. The molecule has 2 atom stereocenters. The molecule has 0 amide bonds. The molecule has 3 N–H and O–H groups in total. The van der Waals surface area contributed by atoms with Gasteiger partial charge in [0.2, 0.25) is 0 Å². The number of hydrogen-bond donors (Lipinski definition) is 3. The summed E-state index contributed by atoms with van der Waals surface area (Å²) in [6.45, 7) is 3.07. The highest BCUT2D eigenvalue weighted by atomic mass is 31.2. The molecule has 310 valence electrons. The maximum atomic E-state index is 12.4. The van der Waals surface area contributed by atoms with Crippen LogP contribution >= 0.6 is 7.82 Å². The Morgan fingerprint density at radius 1 is 0.545 bits per heavy atom. The van der Waals surface area contributed by atoms with Crippen LogP contribution in [0.5, 0.6) is 0 Å². The largest absolute Gasteiger partial charge is 0.469 e. The summed E-state index contributed by atoms with van der Waals surface area (Å²) in [6.07, 6.45) is 52.4. The minimum absolute atomic E-state index is 0.102. The van der Waals surface area contributed by atoms with Crippen LogP contribution in [0.25, 0.3) is 0 Å². The zero-order valence-corrected chi connectivity index (χ0v) is 34.5. The summed E-state index contributed by atoms with van der Waals surface area (Å²) in [5.74, 6) is -1.08. The molecule has 0 heterocycles. The first-order valence-electron chi connectivity index (χ1n) is 20.2. The third-order valence-corrected chi connectivity index (χ3v) is 8.28. The number of esters is 2. The van der Waals surface area contributed by atoms with Crippen molar-refractivity contribution in [3.63, 3.8) is 0 Å². The lowest BCUT2D eigenvalue weighted by atomic mass is 10.1. The van der Waals surface area contributed by atoms with Gasteiger partial charge < -0.3 is 24.4 Å². The summed E-state index contributed by atoms with van der Waals surface area (Å²) >= 11 is 0. The third-order valence-electron chi connectivity index (χ3n) is 7.80. The average molecular weight is 787 g/mol. The van der Waals surface area contributed by atoms with Gasteiger partial charge in [0.1, 0.15) is 6.61 Å². The summed E-state index contributed by atoms with van der Waals surface area (Å²) in [4.78, 5) is 42.7. The van der Waals surface area contributed by atoms with E-state index in [-0.39, 0.29) is 25.6 Å².